The lowest BCUT2D eigenvalue weighted by molar-refractivity contribution is -0.141. The van der Waals surface area contributed by atoms with E-state index in [0.717, 1.165) is 18.4 Å². The highest BCUT2D eigenvalue weighted by molar-refractivity contribution is 7.89. The number of hydrogen-bond donors (Lipinski definition) is 3. The van der Waals surface area contributed by atoms with Gasteiger partial charge in [-0.05, 0) is 66.6 Å². The summed E-state index contributed by atoms with van der Waals surface area (Å²) in [4.78, 5) is 28.8. The standard InChI is InChI=1S/C30H34FN3O5S/c31-25-12-7-23(8-13-25)21-34(29(24-5-2-1-3-6-24)30(37)32-19-4-20-35)28(36)18-11-22-9-16-27(17-10-22)40(38,39)33-26-14-15-26/h1-3,5-10,12-13,16-17,26,29,33,35H,4,11,14-15,18-21H2,(H,32,37). The van der Waals surface area contributed by atoms with Crippen LogP contribution in [0.15, 0.2) is 83.8 Å². The van der Waals surface area contributed by atoms with Crippen molar-refractivity contribution >= 4 is 21.8 Å². The Balaban J connectivity index is 1.54. The molecule has 3 aromatic rings. The van der Waals surface area contributed by atoms with Crippen LogP contribution in [0, 0.1) is 5.82 Å². The Morgan fingerprint density at radius 2 is 1.60 bits per heavy atom. The summed E-state index contributed by atoms with van der Waals surface area (Å²) >= 11 is 0. The third-order valence-corrected chi connectivity index (χ3v) is 8.19. The molecule has 0 saturated heterocycles. The molecular formula is C30H34FN3O5S. The van der Waals surface area contributed by atoms with E-state index in [4.69, 9.17) is 5.11 Å². The molecule has 1 aliphatic carbocycles. The molecule has 8 nitrogen and oxygen atoms in total. The van der Waals surface area contributed by atoms with Crippen molar-refractivity contribution in [2.75, 3.05) is 13.2 Å². The Bertz CT molecular complexity index is 1380. The minimum Gasteiger partial charge on any atom is -0.396 e. The topological polar surface area (TPSA) is 116 Å². The maximum absolute atomic E-state index is 13.7. The molecule has 3 aromatic carbocycles. The van der Waals surface area contributed by atoms with Crippen molar-refractivity contribution in [2.24, 2.45) is 0 Å². The van der Waals surface area contributed by atoms with Crippen molar-refractivity contribution in [1.29, 1.82) is 0 Å². The van der Waals surface area contributed by atoms with Crippen LogP contribution in [0.4, 0.5) is 4.39 Å². The molecule has 40 heavy (non-hydrogen) atoms. The van der Waals surface area contributed by atoms with Gasteiger partial charge in [-0.1, -0.05) is 54.6 Å². The van der Waals surface area contributed by atoms with Crippen LogP contribution in [0.5, 0.6) is 0 Å². The number of halogens is 1. The number of nitrogens with zero attached hydrogens (tertiary/aromatic N) is 1. The maximum Gasteiger partial charge on any atom is 0.247 e. The molecule has 1 atom stereocenters. The fourth-order valence-corrected chi connectivity index (χ4v) is 5.63. The zero-order chi connectivity index (χ0) is 28.5. The average Bonchev–Trinajstić information content (AvgIpc) is 3.77. The molecule has 212 valence electrons. The van der Waals surface area contributed by atoms with Crippen LogP contribution in [0.1, 0.15) is 48.4 Å². The van der Waals surface area contributed by atoms with E-state index in [0.29, 0.717) is 24.0 Å². The molecule has 1 fully saturated rings. The molecule has 1 saturated carbocycles. The van der Waals surface area contributed by atoms with Gasteiger partial charge >= 0.3 is 0 Å². The Morgan fingerprint density at radius 3 is 2.23 bits per heavy atom. The van der Waals surface area contributed by atoms with Crippen LogP contribution in [-0.4, -0.2) is 49.4 Å². The molecular weight excluding hydrogens is 533 g/mol. The van der Waals surface area contributed by atoms with Crippen molar-refractivity contribution in [3.63, 3.8) is 0 Å². The smallest absolute Gasteiger partial charge is 0.247 e. The number of sulfonamides is 1. The number of rotatable bonds is 14. The summed E-state index contributed by atoms with van der Waals surface area (Å²) in [7, 11) is -3.57. The second-order valence-electron chi connectivity index (χ2n) is 9.87. The number of carbonyl (C=O) groups excluding carboxylic acids is 2. The summed E-state index contributed by atoms with van der Waals surface area (Å²) in [6.07, 6.45) is 2.47. The van der Waals surface area contributed by atoms with Gasteiger partial charge in [0.1, 0.15) is 11.9 Å². The number of nitrogens with one attached hydrogen (secondary N) is 2. The van der Waals surface area contributed by atoms with E-state index >= 15 is 0 Å². The fourth-order valence-electron chi connectivity index (χ4n) is 4.32. The first-order valence-corrected chi connectivity index (χ1v) is 14.8. The number of aliphatic hydroxyl groups is 1. The molecule has 4 rings (SSSR count). The zero-order valence-electron chi connectivity index (χ0n) is 22.1. The molecule has 0 aromatic heterocycles. The van der Waals surface area contributed by atoms with E-state index in [1.807, 2.05) is 6.07 Å². The highest BCUT2D eigenvalue weighted by atomic mass is 32.2. The second-order valence-corrected chi connectivity index (χ2v) is 11.6. The quantitative estimate of drug-likeness (QED) is 0.258. The Labute approximate surface area is 234 Å². The molecule has 1 aliphatic rings. The number of amides is 2. The van der Waals surface area contributed by atoms with Crippen LogP contribution in [0.2, 0.25) is 0 Å². The van der Waals surface area contributed by atoms with Crippen LogP contribution in [0.25, 0.3) is 0 Å². The number of benzene rings is 3. The van der Waals surface area contributed by atoms with Crippen LogP contribution in [0.3, 0.4) is 0 Å². The van der Waals surface area contributed by atoms with Crippen LogP contribution < -0.4 is 10.0 Å². The molecule has 0 spiro atoms. The summed E-state index contributed by atoms with van der Waals surface area (Å²) in [6.45, 7) is 0.253. The molecule has 0 aliphatic heterocycles. The first-order chi connectivity index (χ1) is 19.3. The predicted octanol–water partition coefficient (Wildman–Crippen LogP) is 3.47. The van der Waals surface area contributed by atoms with Crippen molar-refractivity contribution in [2.45, 2.75) is 55.6 Å². The third kappa shape index (κ3) is 8.20. The minimum absolute atomic E-state index is 0.00721. The van der Waals surface area contributed by atoms with Gasteiger partial charge in [0.25, 0.3) is 0 Å². The van der Waals surface area contributed by atoms with Gasteiger partial charge in [-0.25, -0.2) is 17.5 Å². The SMILES string of the molecule is O=C(NCCCO)C(c1ccccc1)N(Cc1ccc(F)cc1)C(=O)CCc1ccc(S(=O)(=O)NC2CC2)cc1. The fraction of sp³-hybridized carbons (Fsp3) is 0.333. The van der Waals surface area contributed by atoms with E-state index in [-0.39, 0.29) is 48.9 Å². The van der Waals surface area contributed by atoms with Gasteiger partial charge in [-0.15, -0.1) is 0 Å². The number of aliphatic hydroxyl groups excluding tert-OH is 1. The Kier molecular flexibility index (Phi) is 10.0. The zero-order valence-corrected chi connectivity index (χ0v) is 22.9. The second kappa shape index (κ2) is 13.6. The van der Waals surface area contributed by atoms with Gasteiger partial charge in [0, 0.05) is 32.2 Å². The lowest BCUT2D eigenvalue weighted by Crippen LogP contribution is -2.43. The van der Waals surface area contributed by atoms with Gasteiger partial charge in [0.2, 0.25) is 21.8 Å². The third-order valence-electron chi connectivity index (χ3n) is 6.66. The average molecular weight is 568 g/mol. The molecule has 3 N–H and O–H groups in total. The lowest BCUT2D eigenvalue weighted by Gasteiger charge is -2.32. The van der Waals surface area contributed by atoms with Gasteiger partial charge < -0.3 is 15.3 Å². The summed E-state index contributed by atoms with van der Waals surface area (Å²) in [5.74, 6) is -1.07. The van der Waals surface area contributed by atoms with E-state index in [1.165, 1.54) is 29.2 Å². The van der Waals surface area contributed by atoms with Crippen molar-refractivity contribution in [1.82, 2.24) is 14.9 Å². The lowest BCUT2D eigenvalue weighted by atomic mass is 10.0. The van der Waals surface area contributed by atoms with E-state index in [2.05, 4.69) is 10.0 Å². The molecule has 0 heterocycles. The molecule has 1 unspecified atom stereocenters. The minimum atomic E-state index is -3.57. The van der Waals surface area contributed by atoms with Crippen molar-refractivity contribution in [3.8, 4) is 0 Å². The summed E-state index contributed by atoms with van der Waals surface area (Å²) in [6, 6.07) is 20.2. The molecule has 10 heteroatoms. The molecule has 0 radical (unpaired) electrons. The van der Waals surface area contributed by atoms with Gasteiger partial charge in [-0.2, -0.15) is 0 Å². The largest absolute Gasteiger partial charge is 0.396 e. The highest BCUT2D eigenvalue weighted by Gasteiger charge is 2.31. The van der Waals surface area contributed by atoms with Crippen molar-refractivity contribution < 1.29 is 27.5 Å². The normalized spacial score (nSPS) is 13.9. The molecule has 0 bridgehead atoms. The van der Waals surface area contributed by atoms with Crippen LogP contribution >= 0.6 is 0 Å². The number of carbonyl (C=O) groups is 2. The summed E-state index contributed by atoms with van der Waals surface area (Å²) < 4.78 is 41.2. The summed E-state index contributed by atoms with van der Waals surface area (Å²) in [5.41, 5.74) is 2.07. The van der Waals surface area contributed by atoms with Crippen LogP contribution in [-0.2, 0) is 32.6 Å². The monoisotopic (exact) mass is 567 g/mol. The van der Waals surface area contributed by atoms with Crippen molar-refractivity contribution in [3.05, 3.63) is 101 Å². The van der Waals surface area contributed by atoms with E-state index < -0.39 is 21.9 Å². The number of hydrogen-bond acceptors (Lipinski definition) is 5. The first-order valence-electron chi connectivity index (χ1n) is 13.4. The van der Waals surface area contributed by atoms with Gasteiger partial charge in [0.05, 0.1) is 4.90 Å². The van der Waals surface area contributed by atoms with E-state index in [9.17, 15) is 22.4 Å². The Morgan fingerprint density at radius 1 is 0.950 bits per heavy atom. The predicted molar refractivity (Wildman–Crippen MR) is 149 cm³/mol. The number of aryl methyl sites for hydroxylation is 1. The maximum atomic E-state index is 13.7. The first kappa shape index (κ1) is 29.4. The molecule has 2 amide bonds. The van der Waals surface area contributed by atoms with Gasteiger partial charge in [-0.3, -0.25) is 9.59 Å². The highest BCUT2D eigenvalue weighted by Crippen LogP contribution is 2.26. The van der Waals surface area contributed by atoms with Gasteiger partial charge in [0.15, 0.2) is 0 Å². The Hall–Kier alpha value is -3.60. The summed E-state index contributed by atoms with van der Waals surface area (Å²) in [5, 5.41) is 12.0. The van der Waals surface area contributed by atoms with E-state index in [1.54, 1.807) is 48.5 Å².